The van der Waals surface area contributed by atoms with Gasteiger partial charge >= 0.3 is 0 Å². The van der Waals surface area contributed by atoms with E-state index in [-0.39, 0.29) is 17.2 Å². The maximum atomic E-state index is 12.6. The van der Waals surface area contributed by atoms with Crippen molar-refractivity contribution in [3.63, 3.8) is 0 Å². The molecule has 7 heteroatoms. The zero-order valence-electron chi connectivity index (χ0n) is 21.3. The summed E-state index contributed by atoms with van der Waals surface area (Å²) in [6.07, 6.45) is 1.69. The maximum Gasteiger partial charge on any atom is 0.241 e. The van der Waals surface area contributed by atoms with E-state index in [2.05, 4.69) is 82.4 Å². The fraction of sp³-hybridized carbons (Fsp3) is 0.464. The van der Waals surface area contributed by atoms with Crippen LogP contribution in [0, 0.1) is 5.92 Å². The number of hydrogen-bond donors (Lipinski definition) is 1. The number of rotatable bonds is 8. The van der Waals surface area contributed by atoms with Crippen LogP contribution in [0.1, 0.15) is 45.1 Å². The van der Waals surface area contributed by atoms with Crippen molar-refractivity contribution >= 4 is 11.6 Å². The van der Waals surface area contributed by atoms with E-state index < -0.39 is 0 Å². The average Bonchev–Trinajstić information content (AvgIpc) is 3.33. The smallest absolute Gasteiger partial charge is 0.241 e. The van der Waals surface area contributed by atoms with Crippen LogP contribution in [0.3, 0.4) is 0 Å². The summed E-state index contributed by atoms with van der Waals surface area (Å²) in [5.41, 5.74) is 3.50. The van der Waals surface area contributed by atoms with Crippen molar-refractivity contribution in [3.8, 4) is 11.4 Å². The normalized spacial score (nSPS) is 15.2. The molecule has 0 radical (unpaired) electrons. The van der Waals surface area contributed by atoms with Crippen LogP contribution in [0.25, 0.3) is 11.4 Å². The number of amides is 1. The van der Waals surface area contributed by atoms with Gasteiger partial charge < -0.3 is 14.7 Å². The van der Waals surface area contributed by atoms with E-state index in [0.717, 1.165) is 43.7 Å². The first-order valence-electron chi connectivity index (χ1n) is 12.5. The molecule has 0 unspecified atom stereocenters. The first kappa shape index (κ1) is 24.9. The van der Waals surface area contributed by atoms with Gasteiger partial charge in [-0.05, 0) is 49.0 Å². The molecule has 1 aliphatic rings. The average molecular weight is 476 g/mol. The SMILES string of the molecule is CN(CCNC(=O)C1CCN(Cc2nc(-c3ccc(C(C)(C)C)cc3)no2)CC1)c1ccccc1. The Morgan fingerprint density at radius 2 is 1.77 bits per heavy atom. The molecule has 1 amide bonds. The van der Waals surface area contributed by atoms with E-state index in [1.54, 1.807) is 0 Å². The van der Waals surface area contributed by atoms with Crippen molar-refractivity contribution in [2.75, 3.05) is 38.1 Å². The highest BCUT2D eigenvalue weighted by Crippen LogP contribution is 2.25. The topological polar surface area (TPSA) is 74.5 Å². The fourth-order valence-corrected chi connectivity index (χ4v) is 4.40. The third-order valence-corrected chi connectivity index (χ3v) is 6.74. The number of benzene rings is 2. The zero-order valence-corrected chi connectivity index (χ0v) is 21.3. The predicted octanol–water partition coefficient (Wildman–Crippen LogP) is 4.50. The van der Waals surface area contributed by atoms with Crippen molar-refractivity contribution in [1.82, 2.24) is 20.4 Å². The number of carbonyl (C=O) groups is 1. The van der Waals surface area contributed by atoms with Crippen molar-refractivity contribution in [2.24, 2.45) is 5.92 Å². The third-order valence-electron chi connectivity index (χ3n) is 6.74. The van der Waals surface area contributed by atoms with Gasteiger partial charge in [0, 0.05) is 37.3 Å². The molecule has 1 aliphatic heterocycles. The number of likely N-dealkylation sites (N-methyl/N-ethyl adjacent to an activating group) is 1. The van der Waals surface area contributed by atoms with Gasteiger partial charge in [0.25, 0.3) is 0 Å². The van der Waals surface area contributed by atoms with Gasteiger partial charge in [0.1, 0.15) is 0 Å². The number of piperidine rings is 1. The minimum Gasteiger partial charge on any atom is -0.373 e. The van der Waals surface area contributed by atoms with E-state index in [1.807, 2.05) is 25.2 Å². The predicted molar refractivity (Wildman–Crippen MR) is 139 cm³/mol. The molecule has 35 heavy (non-hydrogen) atoms. The zero-order chi connectivity index (χ0) is 24.8. The Labute approximate surface area is 208 Å². The molecule has 0 saturated carbocycles. The molecule has 1 saturated heterocycles. The number of nitrogens with zero attached hydrogens (tertiary/aromatic N) is 4. The van der Waals surface area contributed by atoms with Gasteiger partial charge in [-0.3, -0.25) is 9.69 Å². The summed E-state index contributed by atoms with van der Waals surface area (Å²) in [6.45, 7) is 10.3. The largest absolute Gasteiger partial charge is 0.373 e. The lowest BCUT2D eigenvalue weighted by molar-refractivity contribution is -0.126. The third kappa shape index (κ3) is 6.69. The molecule has 2 heterocycles. The molecule has 186 valence electrons. The summed E-state index contributed by atoms with van der Waals surface area (Å²) >= 11 is 0. The number of para-hydroxylation sites is 1. The fourth-order valence-electron chi connectivity index (χ4n) is 4.40. The van der Waals surface area contributed by atoms with Crippen molar-refractivity contribution < 1.29 is 9.32 Å². The number of aromatic nitrogens is 2. The highest BCUT2D eigenvalue weighted by molar-refractivity contribution is 5.78. The highest BCUT2D eigenvalue weighted by Gasteiger charge is 2.26. The Balaban J connectivity index is 1.20. The Bertz CT molecular complexity index is 1080. The number of likely N-dealkylation sites (tertiary alicyclic amines) is 1. The van der Waals surface area contributed by atoms with Crippen LogP contribution in [0.5, 0.6) is 0 Å². The summed E-state index contributed by atoms with van der Waals surface area (Å²) in [6, 6.07) is 18.6. The van der Waals surface area contributed by atoms with Crippen LogP contribution in [0.2, 0.25) is 0 Å². The van der Waals surface area contributed by atoms with Crippen LogP contribution in [0.15, 0.2) is 59.1 Å². The second-order valence-corrected chi connectivity index (χ2v) is 10.4. The lowest BCUT2D eigenvalue weighted by atomic mass is 9.87. The van der Waals surface area contributed by atoms with Crippen LogP contribution < -0.4 is 10.2 Å². The Morgan fingerprint density at radius 3 is 2.43 bits per heavy atom. The molecule has 0 aliphatic carbocycles. The van der Waals surface area contributed by atoms with E-state index in [0.29, 0.717) is 24.8 Å². The Kier molecular flexibility index (Phi) is 7.86. The van der Waals surface area contributed by atoms with Gasteiger partial charge in [-0.1, -0.05) is 68.4 Å². The molecular weight excluding hydrogens is 438 g/mol. The van der Waals surface area contributed by atoms with Gasteiger partial charge in [-0.2, -0.15) is 4.98 Å². The summed E-state index contributed by atoms with van der Waals surface area (Å²) in [7, 11) is 2.05. The van der Waals surface area contributed by atoms with Crippen molar-refractivity contribution in [1.29, 1.82) is 0 Å². The standard InChI is InChI=1S/C28H37N5O2/c1-28(2,3)23-12-10-21(11-13-23)26-30-25(35-31-26)20-33-17-14-22(15-18-33)27(34)29-16-19-32(4)24-8-6-5-7-9-24/h5-13,22H,14-20H2,1-4H3,(H,29,34). The van der Waals surface area contributed by atoms with E-state index >= 15 is 0 Å². The molecule has 3 aromatic rings. The second-order valence-electron chi connectivity index (χ2n) is 10.4. The molecule has 0 spiro atoms. The number of hydrogen-bond acceptors (Lipinski definition) is 6. The molecule has 1 aromatic heterocycles. The van der Waals surface area contributed by atoms with Crippen molar-refractivity contribution in [2.45, 2.75) is 45.6 Å². The van der Waals surface area contributed by atoms with Crippen LogP contribution in [-0.2, 0) is 16.8 Å². The lowest BCUT2D eigenvalue weighted by Crippen LogP contribution is -2.42. The summed E-state index contributed by atoms with van der Waals surface area (Å²) < 4.78 is 5.52. The Hall–Kier alpha value is -3.19. The number of anilines is 1. The molecular formula is C28H37N5O2. The molecule has 0 bridgehead atoms. The summed E-state index contributed by atoms with van der Waals surface area (Å²) in [4.78, 5) is 21.7. The quantitative estimate of drug-likeness (QED) is 0.517. The molecule has 1 fully saturated rings. The van der Waals surface area contributed by atoms with Gasteiger partial charge in [-0.25, -0.2) is 0 Å². The van der Waals surface area contributed by atoms with Crippen molar-refractivity contribution in [3.05, 3.63) is 66.1 Å². The van der Waals surface area contributed by atoms with Gasteiger partial charge in [0.15, 0.2) is 0 Å². The second kappa shape index (κ2) is 11.0. The molecule has 2 aromatic carbocycles. The summed E-state index contributed by atoms with van der Waals surface area (Å²) in [5.74, 6) is 1.46. The van der Waals surface area contributed by atoms with Crippen LogP contribution >= 0.6 is 0 Å². The number of carbonyl (C=O) groups excluding carboxylic acids is 1. The number of nitrogens with one attached hydrogen (secondary N) is 1. The molecule has 4 rings (SSSR count). The summed E-state index contributed by atoms with van der Waals surface area (Å²) in [5, 5.41) is 7.29. The van der Waals surface area contributed by atoms with Gasteiger partial charge in [0.05, 0.1) is 6.54 Å². The first-order valence-corrected chi connectivity index (χ1v) is 12.5. The highest BCUT2D eigenvalue weighted by atomic mass is 16.5. The van der Waals surface area contributed by atoms with E-state index in [4.69, 9.17) is 4.52 Å². The molecule has 7 nitrogen and oxygen atoms in total. The minimum atomic E-state index is 0.0628. The van der Waals surface area contributed by atoms with E-state index in [1.165, 1.54) is 5.56 Å². The lowest BCUT2D eigenvalue weighted by Gasteiger charge is -2.30. The van der Waals surface area contributed by atoms with Crippen LogP contribution in [-0.4, -0.2) is 54.2 Å². The van der Waals surface area contributed by atoms with Gasteiger partial charge in [-0.15, -0.1) is 0 Å². The van der Waals surface area contributed by atoms with Crippen LogP contribution in [0.4, 0.5) is 5.69 Å². The molecule has 1 N–H and O–H groups in total. The van der Waals surface area contributed by atoms with E-state index in [9.17, 15) is 4.79 Å². The first-order chi connectivity index (χ1) is 16.8. The minimum absolute atomic E-state index is 0.0628. The monoisotopic (exact) mass is 475 g/mol. The Morgan fingerprint density at radius 1 is 1.09 bits per heavy atom. The molecule has 0 atom stereocenters. The van der Waals surface area contributed by atoms with Gasteiger partial charge in [0.2, 0.25) is 17.6 Å². The maximum absolute atomic E-state index is 12.6.